The van der Waals surface area contributed by atoms with Gasteiger partial charge in [-0.2, -0.15) is 0 Å². The Morgan fingerprint density at radius 2 is 2.27 bits per heavy atom. The highest BCUT2D eigenvalue weighted by atomic mass is 19.1. The lowest BCUT2D eigenvalue weighted by Gasteiger charge is -2.16. The Bertz CT molecular complexity index is 111. The quantitative estimate of drug-likeness (QED) is 0.666. The smallest absolute Gasteiger partial charge is 0.105 e. The average molecular weight is 159 g/mol. The minimum Gasteiger partial charge on any atom is -0.314 e. The predicted molar refractivity (Wildman–Crippen MR) is 45.4 cm³/mol. The van der Waals surface area contributed by atoms with E-state index < -0.39 is 5.67 Å². The molecule has 1 fully saturated rings. The van der Waals surface area contributed by atoms with Crippen LogP contribution in [0.2, 0.25) is 0 Å². The van der Waals surface area contributed by atoms with Crippen LogP contribution in [0.5, 0.6) is 0 Å². The Kier molecular flexibility index (Phi) is 2.88. The van der Waals surface area contributed by atoms with Crippen molar-refractivity contribution in [2.24, 2.45) is 0 Å². The van der Waals surface area contributed by atoms with Gasteiger partial charge in [-0.25, -0.2) is 4.39 Å². The second-order valence-electron chi connectivity index (χ2n) is 4.05. The fourth-order valence-electron chi connectivity index (χ4n) is 1.52. The van der Waals surface area contributed by atoms with Gasteiger partial charge in [0.05, 0.1) is 0 Å². The van der Waals surface area contributed by atoms with Crippen LogP contribution < -0.4 is 5.32 Å². The Balaban J connectivity index is 2.11. The summed E-state index contributed by atoms with van der Waals surface area (Å²) in [6.07, 6.45) is 4.17. The molecule has 0 spiro atoms. The van der Waals surface area contributed by atoms with Gasteiger partial charge in [-0.3, -0.25) is 0 Å². The summed E-state index contributed by atoms with van der Waals surface area (Å²) in [4.78, 5) is 0. The van der Waals surface area contributed by atoms with Crippen molar-refractivity contribution in [3.05, 3.63) is 0 Å². The van der Waals surface area contributed by atoms with Crippen molar-refractivity contribution in [2.75, 3.05) is 6.54 Å². The van der Waals surface area contributed by atoms with Gasteiger partial charge in [-0.15, -0.1) is 0 Å². The van der Waals surface area contributed by atoms with Crippen molar-refractivity contribution in [3.8, 4) is 0 Å². The summed E-state index contributed by atoms with van der Waals surface area (Å²) in [5, 5.41) is 3.36. The van der Waals surface area contributed by atoms with Crippen LogP contribution in [0.1, 0.15) is 39.5 Å². The van der Waals surface area contributed by atoms with Crippen molar-refractivity contribution >= 4 is 0 Å². The monoisotopic (exact) mass is 159 g/mol. The van der Waals surface area contributed by atoms with Crippen molar-refractivity contribution in [2.45, 2.75) is 51.2 Å². The zero-order valence-corrected chi connectivity index (χ0v) is 7.49. The van der Waals surface area contributed by atoms with Crippen molar-refractivity contribution in [1.29, 1.82) is 0 Å². The third kappa shape index (κ3) is 3.71. The number of rotatable bonds is 3. The molecule has 0 bridgehead atoms. The number of alkyl halides is 1. The molecule has 11 heavy (non-hydrogen) atoms. The summed E-state index contributed by atoms with van der Waals surface area (Å²) < 4.78 is 13.0. The molecule has 1 nitrogen and oxygen atoms in total. The van der Waals surface area contributed by atoms with E-state index in [1.165, 1.54) is 12.8 Å². The molecule has 0 radical (unpaired) electrons. The van der Waals surface area contributed by atoms with Gasteiger partial charge in [0.2, 0.25) is 0 Å². The van der Waals surface area contributed by atoms with E-state index in [-0.39, 0.29) is 0 Å². The fourth-order valence-corrected chi connectivity index (χ4v) is 1.52. The number of hydrogen-bond acceptors (Lipinski definition) is 1. The molecule has 1 heterocycles. The lowest BCUT2D eigenvalue weighted by atomic mass is 10.0. The lowest BCUT2D eigenvalue weighted by Crippen LogP contribution is -2.24. The molecule has 1 atom stereocenters. The molecular weight excluding hydrogens is 141 g/mol. The van der Waals surface area contributed by atoms with Gasteiger partial charge in [0.1, 0.15) is 5.67 Å². The molecule has 0 aromatic rings. The second-order valence-corrected chi connectivity index (χ2v) is 4.05. The first-order chi connectivity index (χ1) is 5.08. The highest BCUT2D eigenvalue weighted by molar-refractivity contribution is 4.77. The normalized spacial score (nSPS) is 25.9. The Hall–Kier alpha value is -0.110. The molecule has 0 saturated carbocycles. The maximum absolute atomic E-state index is 13.0. The topological polar surface area (TPSA) is 12.0 Å². The molecular formula is C9H18FN. The van der Waals surface area contributed by atoms with Gasteiger partial charge in [0.15, 0.2) is 0 Å². The van der Waals surface area contributed by atoms with Crippen molar-refractivity contribution < 1.29 is 4.39 Å². The highest BCUT2D eigenvalue weighted by Gasteiger charge is 2.20. The van der Waals surface area contributed by atoms with Crippen LogP contribution in [-0.4, -0.2) is 18.3 Å². The molecule has 2 heteroatoms. The maximum atomic E-state index is 13.0. The molecule has 0 aromatic heterocycles. The summed E-state index contributed by atoms with van der Waals surface area (Å²) in [7, 11) is 0. The zero-order valence-electron chi connectivity index (χ0n) is 7.49. The number of hydrogen-bond donors (Lipinski definition) is 1. The van der Waals surface area contributed by atoms with Crippen LogP contribution in [-0.2, 0) is 0 Å². The predicted octanol–water partition coefficient (Wildman–Crippen LogP) is 2.27. The van der Waals surface area contributed by atoms with Crippen LogP contribution in [0.4, 0.5) is 4.39 Å². The molecule has 1 unspecified atom stereocenters. The molecule has 0 amide bonds. The fraction of sp³-hybridized carbons (Fsp3) is 1.00. The molecule has 1 rings (SSSR count). The minimum absolute atomic E-state index is 0.588. The maximum Gasteiger partial charge on any atom is 0.105 e. The molecule has 1 N–H and O–H groups in total. The molecule has 1 saturated heterocycles. The summed E-state index contributed by atoms with van der Waals surface area (Å²) in [5.74, 6) is 0. The van der Waals surface area contributed by atoms with Gasteiger partial charge in [0.25, 0.3) is 0 Å². The van der Waals surface area contributed by atoms with Crippen LogP contribution in [0.25, 0.3) is 0 Å². The summed E-state index contributed by atoms with van der Waals surface area (Å²) >= 11 is 0. The second kappa shape index (κ2) is 3.53. The van der Waals surface area contributed by atoms with E-state index in [0.29, 0.717) is 12.5 Å². The van der Waals surface area contributed by atoms with Gasteiger partial charge >= 0.3 is 0 Å². The van der Waals surface area contributed by atoms with Crippen LogP contribution >= 0.6 is 0 Å². The van der Waals surface area contributed by atoms with Gasteiger partial charge in [0, 0.05) is 6.04 Å². The average Bonchev–Trinajstić information content (AvgIpc) is 2.32. The molecule has 1 aliphatic rings. The van der Waals surface area contributed by atoms with E-state index >= 15 is 0 Å². The SMILES string of the molecule is CC(C)(F)CCC1CCCN1. The summed E-state index contributed by atoms with van der Waals surface area (Å²) in [5.41, 5.74) is -0.982. The minimum atomic E-state index is -0.982. The Morgan fingerprint density at radius 3 is 2.73 bits per heavy atom. The largest absolute Gasteiger partial charge is 0.314 e. The van der Waals surface area contributed by atoms with Gasteiger partial charge in [-0.05, 0) is 46.1 Å². The third-order valence-corrected chi connectivity index (χ3v) is 2.25. The van der Waals surface area contributed by atoms with E-state index in [0.717, 1.165) is 13.0 Å². The van der Waals surface area contributed by atoms with E-state index in [1.807, 2.05) is 0 Å². The molecule has 0 aromatic carbocycles. The Morgan fingerprint density at radius 1 is 1.55 bits per heavy atom. The molecule has 66 valence electrons. The number of halogens is 1. The van der Waals surface area contributed by atoms with E-state index in [1.54, 1.807) is 13.8 Å². The number of nitrogens with one attached hydrogen (secondary N) is 1. The van der Waals surface area contributed by atoms with Gasteiger partial charge < -0.3 is 5.32 Å². The first kappa shape index (κ1) is 8.98. The lowest BCUT2D eigenvalue weighted by molar-refractivity contribution is 0.191. The third-order valence-electron chi connectivity index (χ3n) is 2.25. The van der Waals surface area contributed by atoms with E-state index in [2.05, 4.69) is 5.32 Å². The van der Waals surface area contributed by atoms with Gasteiger partial charge in [-0.1, -0.05) is 0 Å². The molecule has 1 aliphatic heterocycles. The van der Waals surface area contributed by atoms with E-state index in [9.17, 15) is 4.39 Å². The summed E-state index contributed by atoms with van der Waals surface area (Å²) in [6.45, 7) is 4.43. The zero-order chi connectivity index (χ0) is 8.32. The standard InChI is InChI=1S/C9H18FN/c1-9(2,10)6-5-8-4-3-7-11-8/h8,11H,3-7H2,1-2H3. The highest BCUT2D eigenvalue weighted by Crippen LogP contribution is 2.20. The first-order valence-corrected chi connectivity index (χ1v) is 4.50. The van der Waals surface area contributed by atoms with Crippen molar-refractivity contribution in [1.82, 2.24) is 5.32 Å². The Labute approximate surface area is 68.4 Å². The van der Waals surface area contributed by atoms with Crippen molar-refractivity contribution in [3.63, 3.8) is 0 Å². The van der Waals surface area contributed by atoms with Crippen LogP contribution in [0, 0.1) is 0 Å². The first-order valence-electron chi connectivity index (χ1n) is 4.50. The molecule has 0 aliphatic carbocycles. The van der Waals surface area contributed by atoms with Crippen LogP contribution in [0.3, 0.4) is 0 Å². The van der Waals surface area contributed by atoms with E-state index in [4.69, 9.17) is 0 Å². The van der Waals surface area contributed by atoms with Crippen LogP contribution in [0.15, 0.2) is 0 Å². The summed E-state index contributed by atoms with van der Waals surface area (Å²) in [6, 6.07) is 0.588.